The van der Waals surface area contributed by atoms with Crippen molar-refractivity contribution < 1.29 is 9.18 Å². The highest BCUT2D eigenvalue weighted by molar-refractivity contribution is 5.92. The molecule has 0 aromatic carbocycles. The van der Waals surface area contributed by atoms with Gasteiger partial charge in [-0.05, 0) is 25.0 Å². The van der Waals surface area contributed by atoms with Crippen LogP contribution in [0.2, 0.25) is 0 Å². The number of amides is 1. The molecule has 0 bridgehead atoms. The number of pyridine rings is 1. The molecule has 1 amide bonds. The van der Waals surface area contributed by atoms with Gasteiger partial charge in [0.2, 0.25) is 5.95 Å². The van der Waals surface area contributed by atoms with Crippen molar-refractivity contribution in [1.82, 2.24) is 10.3 Å². The van der Waals surface area contributed by atoms with E-state index in [1.807, 2.05) is 0 Å². The minimum atomic E-state index is -0.612. The van der Waals surface area contributed by atoms with Gasteiger partial charge >= 0.3 is 0 Å². The van der Waals surface area contributed by atoms with Crippen molar-refractivity contribution in [3.05, 3.63) is 29.8 Å². The molecule has 0 spiro atoms. The Balaban J connectivity index is 1.96. The normalized spacial score (nSPS) is 17.5. The molecule has 1 aromatic heterocycles. The summed E-state index contributed by atoms with van der Waals surface area (Å²) >= 11 is 0. The third kappa shape index (κ3) is 3.51. The van der Waals surface area contributed by atoms with Gasteiger partial charge in [0.25, 0.3) is 5.91 Å². The molecule has 0 atom stereocenters. The molecule has 0 radical (unpaired) electrons. The van der Waals surface area contributed by atoms with E-state index < -0.39 is 5.95 Å². The van der Waals surface area contributed by atoms with Gasteiger partial charge in [-0.15, -0.1) is 0 Å². The Bertz CT molecular complexity index is 387. The molecule has 1 aliphatic carbocycles. The van der Waals surface area contributed by atoms with Crippen LogP contribution in [0.3, 0.4) is 0 Å². The van der Waals surface area contributed by atoms with Crippen LogP contribution in [0.1, 0.15) is 49.0 Å². The van der Waals surface area contributed by atoms with Crippen molar-refractivity contribution in [3.63, 3.8) is 0 Å². The van der Waals surface area contributed by atoms with Crippen molar-refractivity contribution in [2.24, 2.45) is 0 Å². The summed E-state index contributed by atoms with van der Waals surface area (Å²) in [5.74, 6) is -0.880. The molecule has 0 unspecified atom stereocenters. The van der Waals surface area contributed by atoms with Crippen molar-refractivity contribution in [1.29, 1.82) is 0 Å². The predicted octanol–water partition coefficient (Wildman–Crippen LogP) is 2.67. The fraction of sp³-hybridized carbons (Fsp3) is 0.538. The summed E-state index contributed by atoms with van der Waals surface area (Å²) in [6, 6.07) is 4.50. The lowest BCUT2D eigenvalue weighted by Crippen LogP contribution is -2.34. The fourth-order valence-electron chi connectivity index (χ4n) is 2.22. The van der Waals surface area contributed by atoms with Crippen LogP contribution in [-0.4, -0.2) is 16.9 Å². The average Bonchev–Trinajstić information content (AvgIpc) is 2.57. The number of carbonyl (C=O) groups excluding carboxylic acids is 1. The van der Waals surface area contributed by atoms with Gasteiger partial charge in [-0.25, -0.2) is 4.98 Å². The third-order valence-corrected chi connectivity index (χ3v) is 3.14. The molecule has 1 saturated carbocycles. The Labute approximate surface area is 100 Å². The van der Waals surface area contributed by atoms with E-state index in [0.717, 1.165) is 25.7 Å². The lowest BCUT2D eigenvalue weighted by atomic mass is 10.1. The van der Waals surface area contributed by atoms with Crippen molar-refractivity contribution in [2.75, 3.05) is 0 Å². The highest BCUT2D eigenvalue weighted by Gasteiger charge is 2.16. The quantitative estimate of drug-likeness (QED) is 0.633. The highest BCUT2D eigenvalue weighted by atomic mass is 19.1. The zero-order valence-electron chi connectivity index (χ0n) is 9.79. The number of nitrogens with zero attached hydrogens (tertiary/aromatic N) is 1. The third-order valence-electron chi connectivity index (χ3n) is 3.14. The summed E-state index contributed by atoms with van der Waals surface area (Å²) in [6.07, 6.45) is 6.82. The van der Waals surface area contributed by atoms with Crippen LogP contribution in [0.25, 0.3) is 0 Å². The zero-order chi connectivity index (χ0) is 12.1. The molecule has 1 heterocycles. The van der Waals surface area contributed by atoms with Crippen LogP contribution in [0.4, 0.5) is 4.39 Å². The lowest BCUT2D eigenvalue weighted by Gasteiger charge is -2.15. The van der Waals surface area contributed by atoms with Crippen LogP contribution >= 0.6 is 0 Å². The Morgan fingerprint density at radius 3 is 2.59 bits per heavy atom. The van der Waals surface area contributed by atoms with E-state index in [-0.39, 0.29) is 17.6 Å². The first-order valence-electron chi connectivity index (χ1n) is 6.19. The van der Waals surface area contributed by atoms with E-state index in [9.17, 15) is 9.18 Å². The van der Waals surface area contributed by atoms with Gasteiger partial charge in [0.1, 0.15) is 5.69 Å². The van der Waals surface area contributed by atoms with Crippen molar-refractivity contribution in [3.8, 4) is 0 Å². The summed E-state index contributed by atoms with van der Waals surface area (Å²) in [7, 11) is 0. The summed E-state index contributed by atoms with van der Waals surface area (Å²) in [5, 5.41) is 2.93. The van der Waals surface area contributed by atoms with Gasteiger partial charge in [0.05, 0.1) is 0 Å². The summed E-state index contributed by atoms with van der Waals surface area (Å²) in [4.78, 5) is 15.4. The van der Waals surface area contributed by atoms with Crippen LogP contribution in [0.5, 0.6) is 0 Å². The van der Waals surface area contributed by atoms with Gasteiger partial charge in [0, 0.05) is 6.04 Å². The standard InChI is InChI=1S/C13H17FN2O/c14-12-9-5-8-11(16-12)13(17)15-10-6-3-1-2-4-7-10/h5,8-10H,1-4,6-7H2,(H,15,17). The first-order chi connectivity index (χ1) is 8.25. The largest absolute Gasteiger partial charge is 0.348 e. The monoisotopic (exact) mass is 236 g/mol. The number of halogens is 1. The Hall–Kier alpha value is -1.45. The molecule has 4 heteroatoms. The van der Waals surface area contributed by atoms with E-state index in [4.69, 9.17) is 0 Å². The van der Waals surface area contributed by atoms with Crippen LogP contribution in [0.15, 0.2) is 18.2 Å². The second-order valence-corrected chi connectivity index (χ2v) is 4.51. The maximum Gasteiger partial charge on any atom is 0.270 e. The smallest absolute Gasteiger partial charge is 0.270 e. The first kappa shape index (κ1) is 12.0. The molecule has 3 nitrogen and oxygen atoms in total. The molecule has 1 aromatic rings. The number of nitrogens with one attached hydrogen (secondary N) is 1. The maximum absolute atomic E-state index is 12.9. The summed E-state index contributed by atoms with van der Waals surface area (Å²) in [5.41, 5.74) is 0.161. The lowest BCUT2D eigenvalue weighted by molar-refractivity contribution is 0.0927. The number of aromatic nitrogens is 1. The van der Waals surface area contributed by atoms with Crippen LogP contribution in [0, 0.1) is 5.95 Å². The van der Waals surface area contributed by atoms with Gasteiger partial charge in [-0.1, -0.05) is 31.7 Å². The fourth-order valence-corrected chi connectivity index (χ4v) is 2.22. The number of carbonyl (C=O) groups is 1. The van der Waals surface area contributed by atoms with E-state index in [1.54, 1.807) is 0 Å². The Morgan fingerprint density at radius 1 is 1.24 bits per heavy atom. The van der Waals surface area contributed by atoms with Crippen molar-refractivity contribution >= 4 is 5.91 Å². The molecule has 1 N–H and O–H groups in total. The van der Waals surface area contributed by atoms with Gasteiger partial charge < -0.3 is 5.32 Å². The second kappa shape index (κ2) is 5.75. The zero-order valence-corrected chi connectivity index (χ0v) is 9.79. The molecule has 0 saturated heterocycles. The van der Waals surface area contributed by atoms with E-state index in [2.05, 4.69) is 10.3 Å². The molecular weight excluding hydrogens is 219 g/mol. The first-order valence-corrected chi connectivity index (χ1v) is 6.19. The molecule has 92 valence electrons. The summed E-state index contributed by atoms with van der Waals surface area (Å²) < 4.78 is 12.9. The number of hydrogen-bond donors (Lipinski definition) is 1. The maximum atomic E-state index is 12.9. The molecule has 1 fully saturated rings. The van der Waals surface area contributed by atoms with Crippen LogP contribution in [-0.2, 0) is 0 Å². The molecule has 2 rings (SSSR count). The Kier molecular flexibility index (Phi) is 4.07. The highest BCUT2D eigenvalue weighted by Crippen LogP contribution is 2.17. The molecule has 0 aliphatic heterocycles. The molecule has 1 aliphatic rings. The Morgan fingerprint density at radius 2 is 1.94 bits per heavy atom. The number of rotatable bonds is 2. The predicted molar refractivity (Wildman–Crippen MR) is 63.2 cm³/mol. The molecular formula is C13H17FN2O. The van der Waals surface area contributed by atoms with E-state index >= 15 is 0 Å². The van der Waals surface area contributed by atoms with Gasteiger partial charge in [-0.2, -0.15) is 4.39 Å². The molecule has 17 heavy (non-hydrogen) atoms. The van der Waals surface area contributed by atoms with Gasteiger partial charge in [0.15, 0.2) is 0 Å². The van der Waals surface area contributed by atoms with Gasteiger partial charge in [-0.3, -0.25) is 4.79 Å². The van der Waals surface area contributed by atoms with Crippen molar-refractivity contribution in [2.45, 2.75) is 44.6 Å². The minimum Gasteiger partial charge on any atom is -0.348 e. The average molecular weight is 236 g/mol. The SMILES string of the molecule is O=C(NC1CCCCCC1)c1cccc(F)n1. The topological polar surface area (TPSA) is 42.0 Å². The minimum absolute atomic E-state index is 0.161. The van der Waals surface area contributed by atoms with E-state index in [0.29, 0.717) is 0 Å². The van der Waals surface area contributed by atoms with Crippen LogP contribution < -0.4 is 5.32 Å². The van der Waals surface area contributed by atoms with E-state index in [1.165, 1.54) is 31.0 Å². The second-order valence-electron chi connectivity index (χ2n) is 4.51. The summed E-state index contributed by atoms with van der Waals surface area (Å²) in [6.45, 7) is 0. The number of hydrogen-bond acceptors (Lipinski definition) is 2.